The quantitative estimate of drug-likeness (QED) is 0.449. The molecule has 3 rings (SSSR count). The van der Waals surface area contributed by atoms with Gasteiger partial charge in [-0.3, -0.25) is 0 Å². The van der Waals surface area contributed by atoms with Crippen molar-refractivity contribution in [1.82, 2.24) is 5.32 Å². The first-order valence-corrected chi connectivity index (χ1v) is 7.13. The third-order valence-corrected chi connectivity index (χ3v) is 4.07. The third-order valence-electron chi connectivity index (χ3n) is 3.74. The molecule has 0 aromatic heterocycles. The minimum absolute atomic E-state index is 0. The van der Waals surface area contributed by atoms with E-state index in [0.717, 1.165) is 11.3 Å². The largest absolute Gasteiger partial charge is 0.491 e. The number of halogens is 2. The zero-order chi connectivity index (χ0) is 13.2. The molecule has 1 unspecified atom stereocenters. The van der Waals surface area contributed by atoms with Crippen molar-refractivity contribution in [2.24, 2.45) is 10.7 Å². The van der Waals surface area contributed by atoms with E-state index >= 15 is 0 Å². The van der Waals surface area contributed by atoms with Gasteiger partial charge in [0.1, 0.15) is 18.4 Å². The van der Waals surface area contributed by atoms with Gasteiger partial charge in [-0.05, 0) is 25.0 Å². The molecule has 1 aromatic rings. The van der Waals surface area contributed by atoms with Gasteiger partial charge in [0.05, 0.1) is 0 Å². The molecule has 20 heavy (non-hydrogen) atoms. The van der Waals surface area contributed by atoms with Crippen LogP contribution in [0.1, 0.15) is 37.3 Å². The van der Waals surface area contributed by atoms with Crippen LogP contribution in [0.3, 0.4) is 0 Å². The van der Waals surface area contributed by atoms with Crippen LogP contribution in [-0.4, -0.2) is 18.6 Å². The summed E-state index contributed by atoms with van der Waals surface area (Å²) < 4.78 is 5.59. The van der Waals surface area contributed by atoms with Crippen molar-refractivity contribution in [3.8, 4) is 5.75 Å². The molecule has 1 atom stereocenters. The highest BCUT2D eigenvalue weighted by Crippen LogP contribution is 2.39. The predicted octanol–water partition coefficient (Wildman–Crippen LogP) is 3.24. The van der Waals surface area contributed by atoms with Crippen LogP contribution in [0.15, 0.2) is 23.2 Å². The lowest BCUT2D eigenvalue weighted by Gasteiger charge is -2.14. The van der Waals surface area contributed by atoms with Gasteiger partial charge >= 0.3 is 0 Å². The Hall–Kier alpha value is -0.690. The maximum Gasteiger partial charge on any atom is 0.189 e. The molecule has 0 bridgehead atoms. The minimum Gasteiger partial charge on any atom is -0.491 e. The molecule has 0 spiro atoms. The monoisotopic (exact) mass is 407 g/mol. The Morgan fingerprint density at radius 1 is 1.35 bits per heavy atom. The molecule has 1 heterocycles. The van der Waals surface area contributed by atoms with Gasteiger partial charge in [-0.2, -0.15) is 0 Å². The number of hydrogen-bond donors (Lipinski definition) is 2. The van der Waals surface area contributed by atoms with Crippen molar-refractivity contribution in [2.45, 2.75) is 37.8 Å². The van der Waals surface area contributed by atoms with Crippen LogP contribution in [0.25, 0.3) is 0 Å². The molecule has 2 aliphatic rings. The standard InChI is InChI=1S/C14H18ClN3O.HI/c15-10-6-3-7-12-13(10)11(8-19-12)18-14(16)17-9-4-1-2-5-9;/h3,6-7,9,11H,1-2,4-5,8H2,(H3,16,17,18);1H. The second kappa shape index (κ2) is 6.85. The lowest BCUT2D eigenvalue weighted by molar-refractivity contribution is 0.333. The summed E-state index contributed by atoms with van der Waals surface area (Å²) in [6.07, 6.45) is 4.89. The number of benzene rings is 1. The normalized spacial score (nSPS) is 22.1. The fourth-order valence-electron chi connectivity index (χ4n) is 2.80. The molecule has 0 radical (unpaired) electrons. The summed E-state index contributed by atoms with van der Waals surface area (Å²) in [5.74, 6) is 1.31. The van der Waals surface area contributed by atoms with Crippen molar-refractivity contribution in [2.75, 3.05) is 6.61 Å². The van der Waals surface area contributed by atoms with Gasteiger partial charge in [-0.25, -0.2) is 4.99 Å². The molecule has 1 fully saturated rings. The van der Waals surface area contributed by atoms with Crippen LogP contribution < -0.4 is 15.8 Å². The van der Waals surface area contributed by atoms with E-state index in [1.165, 1.54) is 25.7 Å². The van der Waals surface area contributed by atoms with Crippen molar-refractivity contribution in [3.63, 3.8) is 0 Å². The molecule has 1 saturated carbocycles. The van der Waals surface area contributed by atoms with Gasteiger partial charge in [-0.15, -0.1) is 24.0 Å². The Morgan fingerprint density at radius 3 is 2.85 bits per heavy atom. The molecular weight excluding hydrogens is 389 g/mol. The number of ether oxygens (including phenoxy) is 1. The van der Waals surface area contributed by atoms with Gasteiger partial charge < -0.3 is 15.8 Å². The van der Waals surface area contributed by atoms with Crippen molar-refractivity contribution in [3.05, 3.63) is 28.8 Å². The molecule has 1 aliphatic carbocycles. The zero-order valence-electron chi connectivity index (χ0n) is 11.1. The number of fused-ring (bicyclic) bond motifs is 1. The summed E-state index contributed by atoms with van der Waals surface area (Å²) in [7, 11) is 0. The van der Waals surface area contributed by atoms with Crippen molar-refractivity contribution in [1.29, 1.82) is 0 Å². The van der Waals surface area contributed by atoms with Gasteiger partial charge in [0, 0.05) is 16.6 Å². The van der Waals surface area contributed by atoms with Crippen LogP contribution >= 0.6 is 35.6 Å². The smallest absolute Gasteiger partial charge is 0.189 e. The summed E-state index contributed by atoms with van der Waals surface area (Å²) in [6, 6.07) is 6.03. The molecule has 1 aromatic carbocycles. The van der Waals surface area contributed by atoms with Crippen molar-refractivity contribution < 1.29 is 4.74 Å². The van der Waals surface area contributed by atoms with E-state index in [4.69, 9.17) is 22.1 Å². The third kappa shape index (κ3) is 3.31. The summed E-state index contributed by atoms with van der Waals surface area (Å²) in [4.78, 5) is 4.52. The molecule has 4 nitrogen and oxygen atoms in total. The molecule has 1 aliphatic heterocycles. The van der Waals surface area contributed by atoms with Gasteiger partial charge in [0.2, 0.25) is 0 Å². The Labute approximate surface area is 141 Å². The summed E-state index contributed by atoms with van der Waals surface area (Å²) in [6.45, 7) is 0.506. The molecule has 0 amide bonds. The Bertz CT molecular complexity index is 503. The summed E-state index contributed by atoms with van der Waals surface area (Å²) in [5.41, 5.74) is 6.93. The van der Waals surface area contributed by atoms with Crippen LogP contribution in [0, 0.1) is 0 Å². The second-order valence-electron chi connectivity index (χ2n) is 5.12. The molecule has 110 valence electrons. The predicted molar refractivity (Wildman–Crippen MR) is 92.1 cm³/mol. The van der Waals surface area contributed by atoms with E-state index < -0.39 is 0 Å². The molecular formula is C14H19ClIN3O. The van der Waals surface area contributed by atoms with Crippen LogP contribution in [0.2, 0.25) is 5.02 Å². The number of nitrogens with one attached hydrogen (secondary N) is 1. The van der Waals surface area contributed by atoms with Crippen LogP contribution in [0.5, 0.6) is 5.75 Å². The summed E-state index contributed by atoms with van der Waals surface area (Å²) in [5, 5.41) is 3.98. The van der Waals surface area contributed by atoms with E-state index in [-0.39, 0.29) is 30.0 Å². The summed E-state index contributed by atoms with van der Waals surface area (Å²) >= 11 is 6.21. The molecule has 0 saturated heterocycles. The average Bonchev–Trinajstić information content (AvgIpc) is 3.00. The average molecular weight is 408 g/mol. The maximum atomic E-state index is 6.21. The van der Waals surface area contributed by atoms with Gasteiger partial charge in [-0.1, -0.05) is 30.5 Å². The second-order valence-corrected chi connectivity index (χ2v) is 5.53. The topological polar surface area (TPSA) is 59.6 Å². The fourth-order valence-corrected chi connectivity index (χ4v) is 3.10. The first-order chi connectivity index (χ1) is 9.24. The number of rotatable bonds is 2. The highest BCUT2D eigenvalue weighted by atomic mass is 127. The Balaban J connectivity index is 0.00000147. The first-order valence-electron chi connectivity index (χ1n) is 6.75. The minimum atomic E-state index is -0.0994. The van der Waals surface area contributed by atoms with Crippen LogP contribution in [-0.2, 0) is 0 Å². The molecule has 6 heteroatoms. The van der Waals surface area contributed by atoms with Crippen molar-refractivity contribution >= 4 is 41.5 Å². The number of nitrogens with zero attached hydrogens (tertiary/aromatic N) is 1. The number of nitrogens with two attached hydrogens (primary N) is 1. The maximum absolute atomic E-state index is 6.21. The van der Waals surface area contributed by atoms with E-state index in [1.54, 1.807) is 0 Å². The van der Waals surface area contributed by atoms with E-state index in [0.29, 0.717) is 23.6 Å². The number of aliphatic imine (C=N–C) groups is 1. The Kier molecular flexibility index (Phi) is 5.37. The van der Waals surface area contributed by atoms with Gasteiger partial charge in [0.15, 0.2) is 5.96 Å². The van der Waals surface area contributed by atoms with E-state index in [2.05, 4.69) is 10.3 Å². The lowest BCUT2D eigenvalue weighted by atomic mass is 10.1. The highest BCUT2D eigenvalue weighted by molar-refractivity contribution is 14.0. The highest BCUT2D eigenvalue weighted by Gasteiger charge is 2.26. The van der Waals surface area contributed by atoms with E-state index in [9.17, 15) is 0 Å². The number of guanidine groups is 1. The number of hydrogen-bond acceptors (Lipinski definition) is 2. The van der Waals surface area contributed by atoms with Crippen LogP contribution in [0.4, 0.5) is 0 Å². The Morgan fingerprint density at radius 2 is 2.10 bits per heavy atom. The zero-order valence-corrected chi connectivity index (χ0v) is 14.2. The lowest BCUT2D eigenvalue weighted by Crippen LogP contribution is -2.38. The fraction of sp³-hybridized carbons (Fsp3) is 0.500. The molecule has 3 N–H and O–H groups in total. The first kappa shape index (κ1) is 15.7. The SMILES string of the molecule is I.NC(=NC1COc2cccc(Cl)c21)NC1CCCC1. The van der Waals surface area contributed by atoms with E-state index in [1.807, 2.05) is 18.2 Å². The van der Waals surface area contributed by atoms with Gasteiger partial charge in [0.25, 0.3) is 0 Å².